The maximum Gasteiger partial charge on any atom is 0.314 e. The van der Waals surface area contributed by atoms with Crippen LogP contribution < -0.4 is 0 Å². The molecule has 2 nitrogen and oxygen atoms in total. The first kappa shape index (κ1) is 7.79. The maximum absolute atomic E-state index is 10.8. The van der Waals surface area contributed by atoms with Crippen molar-refractivity contribution in [2.75, 3.05) is 0 Å². The van der Waals surface area contributed by atoms with E-state index < -0.39 is 0 Å². The molecular formula is C9H10O2. The average Bonchev–Trinajstić information content (AvgIpc) is 2.40. The zero-order chi connectivity index (χ0) is 8.10. The van der Waals surface area contributed by atoms with E-state index in [-0.39, 0.29) is 5.97 Å². The van der Waals surface area contributed by atoms with Gasteiger partial charge in [-0.05, 0) is 6.42 Å². The second kappa shape index (κ2) is 3.76. The molecule has 1 aliphatic carbocycles. The number of ether oxygens (including phenoxy) is 1. The molecule has 0 saturated carbocycles. The quantitative estimate of drug-likeness (QED) is 0.454. The van der Waals surface area contributed by atoms with Crippen LogP contribution in [0.3, 0.4) is 0 Å². The molecule has 0 aromatic rings. The van der Waals surface area contributed by atoms with Gasteiger partial charge in [0.15, 0.2) is 0 Å². The van der Waals surface area contributed by atoms with Crippen LogP contribution in [-0.4, -0.2) is 5.97 Å². The predicted molar refractivity (Wildman–Crippen MR) is 42.7 cm³/mol. The van der Waals surface area contributed by atoms with Crippen molar-refractivity contribution < 1.29 is 9.53 Å². The first-order valence-corrected chi connectivity index (χ1v) is 3.48. The van der Waals surface area contributed by atoms with Gasteiger partial charge in [-0.25, -0.2) is 0 Å². The molecule has 0 unspecified atom stereocenters. The molecule has 0 aromatic heterocycles. The van der Waals surface area contributed by atoms with E-state index in [1.807, 2.05) is 18.2 Å². The van der Waals surface area contributed by atoms with Crippen LogP contribution in [0.5, 0.6) is 0 Å². The summed E-state index contributed by atoms with van der Waals surface area (Å²) in [6.07, 6.45) is 8.29. The standard InChI is InChI=1S/C9H10O2/c1-2-11-9(10)7-8-5-3-4-6-8/h2-5H,1,6-7H2. The second-order valence-electron chi connectivity index (χ2n) is 2.29. The smallest absolute Gasteiger partial charge is 0.314 e. The fourth-order valence-electron chi connectivity index (χ4n) is 0.943. The van der Waals surface area contributed by atoms with E-state index in [2.05, 4.69) is 11.3 Å². The van der Waals surface area contributed by atoms with E-state index in [4.69, 9.17) is 0 Å². The molecule has 1 aliphatic rings. The van der Waals surface area contributed by atoms with Gasteiger partial charge in [-0.1, -0.05) is 30.4 Å². The predicted octanol–water partition coefficient (Wildman–Crippen LogP) is 1.95. The van der Waals surface area contributed by atoms with Crippen molar-refractivity contribution in [3.8, 4) is 0 Å². The molecule has 0 bridgehead atoms. The third kappa shape index (κ3) is 2.42. The van der Waals surface area contributed by atoms with Gasteiger partial charge in [0, 0.05) is 0 Å². The van der Waals surface area contributed by atoms with E-state index >= 15 is 0 Å². The number of rotatable bonds is 3. The van der Waals surface area contributed by atoms with Crippen molar-refractivity contribution in [1.29, 1.82) is 0 Å². The van der Waals surface area contributed by atoms with Gasteiger partial charge in [0.2, 0.25) is 0 Å². The summed E-state index contributed by atoms with van der Waals surface area (Å²) < 4.78 is 4.56. The van der Waals surface area contributed by atoms with Crippen molar-refractivity contribution >= 4 is 5.97 Å². The normalized spacial score (nSPS) is 14.4. The summed E-state index contributed by atoms with van der Waals surface area (Å²) in [4.78, 5) is 10.8. The fraction of sp³-hybridized carbons (Fsp3) is 0.222. The lowest BCUT2D eigenvalue weighted by Gasteiger charge is -1.98. The lowest BCUT2D eigenvalue weighted by atomic mass is 10.2. The van der Waals surface area contributed by atoms with Crippen molar-refractivity contribution in [1.82, 2.24) is 0 Å². The molecule has 0 aliphatic heterocycles. The van der Waals surface area contributed by atoms with Crippen molar-refractivity contribution in [2.24, 2.45) is 0 Å². The minimum Gasteiger partial charge on any atom is -0.435 e. The Hall–Kier alpha value is -1.31. The van der Waals surface area contributed by atoms with Gasteiger partial charge < -0.3 is 4.74 Å². The van der Waals surface area contributed by atoms with E-state index in [1.165, 1.54) is 0 Å². The number of carbonyl (C=O) groups excluding carboxylic acids is 1. The van der Waals surface area contributed by atoms with Gasteiger partial charge in [0.05, 0.1) is 12.7 Å². The van der Waals surface area contributed by atoms with Gasteiger partial charge in [-0.15, -0.1) is 0 Å². The van der Waals surface area contributed by atoms with Gasteiger partial charge in [0.25, 0.3) is 0 Å². The van der Waals surface area contributed by atoms with Gasteiger partial charge >= 0.3 is 5.97 Å². The molecule has 0 aromatic carbocycles. The number of carbonyl (C=O) groups is 1. The molecule has 0 spiro atoms. The fourth-order valence-corrected chi connectivity index (χ4v) is 0.943. The monoisotopic (exact) mass is 150 g/mol. The zero-order valence-electron chi connectivity index (χ0n) is 6.25. The van der Waals surface area contributed by atoms with Gasteiger partial charge in [-0.2, -0.15) is 0 Å². The van der Waals surface area contributed by atoms with Crippen LogP contribution in [0, 0.1) is 0 Å². The molecule has 0 radical (unpaired) electrons. The molecule has 11 heavy (non-hydrogen) atoms. The Bertz CT molecular complexity index is 224. The molecule has 0 amide bonds. The van der Waals surface area contributed by atoms with Crippen LogP contribution in [0.15, 0.2) is 36.6 Å². The third-order valence-corrected chi connectivity index (χ3v) is 1.43. The van der Waals surface area contributed by atoms with Gasteiger partial charge in [0.1, 0.15) is 0 Å². The second-order valence-corrected chi connectivity index (χ2v) is 2.29. The van der Waals surface area contributed by atoms with Crippen LogP contribution >= 0.6 is 0 Å². The molecule has 0 saturated heterocycles. The summed E-state index contributed by atoms with van der Waals surface area (Å²) in [5.41, 5.74) is 1.09. The van der Waals surface area contributed by atoms with Crippen LogP contribution in [0.2, 0.25) is 0 Å². The Morgan fingerprint density at radius 1 is 1.82 bits per heavy atom. The highest BCUT2D eigenvalue weighted by atomic mass is 16.5. The number of esters is 1. The highest BCUT2D eigenvalue weighted by molar-refractivity contribution is 5.73. The van der Waals surface area contributed by atoms with Crippen LogP contribution in [0.1, 0.15) is 12.8 Å². The highest BCUT2D eigenvalue weighted by Crippen LogP contribution is 2.14. The Morgan fingerprint density at radius 2 is 2.64 bits per heavy atom. The van der Waals surface area contributed by atoms with Gasteiger partial charge in [-0.3, -0.25) is 4.79 Å². The molecule has 0 N–H and O–H groups in total. The summed E-state index contributed by atoms with van der Waals surface area (Å²) >= 11 is 0. The van der Waals surface area contributed by atoms with E-state index in [9.17, 15) is 4.79 Å². The molecule has 0 fully saturated rings. The lowest BCUT2D eigenvalue weighted by Crippen LogP contribution is -1.99. The van der Waals surface area contributed by atoms with Crippen molar-refractivity contribution in [3.63, 3.8) is 0 Å². The summed E-state index contributed by atoms with van der Waals surface area (Å²) in [5.74, 6) is -0.241. The molecule has 2 heteroatoms. The first-order valence-electron chi connectivity index (χ1n) is 3.48. The molecule has 0 atom stereocenters. The molecule has 58 valence electrons. The SMILES string of the molecule is C=COC(=O)CC1=CC=CC1. The van der Waals surface area contributed by atoms with E-state index in [0.29, 0.717) is 6.42 Å². The Labute approximate surface area is 65.9 Å². The number of allylic oxidation sites excluding steroid dienone is 3. The zero-order valence-corrected chi connectivity index (χ0v) is 6.25. The Morgan fingerprint density at radius 3 is 3.18 bits per heavy atom. The van der Waals surface area contributed by atoms with Crippen LogP contribution in [0.25, 0.3) is 0 Å². The maximum atomic E-state index is 10.8. The van der Waals surface area contributed by atoms with Crippen LogP contribution in [-0.2, 0) is 9.53 Å². The Balaban J connectivity index is 2.31. The van der Waals surface area contributed by atoms with Crippen molar-refractivity contribution in [2.45, 2.75) is 12.8 Å². The first-order chi connectivity index (χ1) is 5.33. The summed E-state index contributed by atoms with van der Waals surface area (Å²) in [6.45, 7) is 3.30. The largest absolute Gasteiger partial charge is 0.435 e. The minimum atomic E-state index is -0.241. The van der Waals surface area contributed by atoms with Crippen molar-refractivity contribution in [3.05, 3.63) is 36.6 Å². The summed E-state index contributed by atoms with van der Waals surface area (Å²) in [6, 6.07) is 0. The van der Waals surface area contributed by atoms with E-state index in [0.717, 1.165) is 18.3 Å². The minimum absolute atomic E-state index is 0.241. The third-order valence-electron chi connectivity index (χ3n) is 1.43. The topological polar surface area (TPSA) is 26.3 Å². The number of hydrogen-bond donors (Lipinski definition) is 0. The van der Waals surface area contributed by atoms with E-state index in [1.54, 1.807) is 0 Å². The lowest BCUT2D eigenvalue weighted by molar-refractivity contribution is -0.137. The summed E-state index contributed by atoms with van der Waals surface area (Å²) in [7, 11) is 0. The summed E-state index contributed by atoms with van der Waals surface area (Å²) in [5, 5.41) is 0. The van der Waals surface area contributed by atoms with Crippen LogP contribution in [0.4, 0.5) is 0 Å². The molecular weight excluding hydrogens is 140 g/mol. The highest BCUT2D eigenvalue weighted by Gasteiger charge is 2.06. The molecule has 1 rings (SSSR count). The Kier molecular flexibility index (Phi) is 2.66. The average molecular weight is 150 g/mol. The molecule has 0 heterocycles. The number of hydrogen-bond acceptors (Lipinski definition) is 2.